The minimum atomic E-state index is -1.09. The zero-order valence-electron chi connectivity index (χ0n) is 8.65. The van der Waals surface area contributed by atoms with Crippen LogP contribution in [0.1, 0.15) is 30.0 Å². The molecule has 1 aromatic heterocycles. The molecule has 2 atom stereocenters. The lowest BCUT2D eigenvalue weighted by molar-refractivity contribution is 0.328. The number of nitrogens with zero attached hydrogens (tertiary/aromatic N) is 3. The van der Waals surface area contributed by atoms with Gasteiger partial charge >= 0.3 is 0 Å². The van der Waals surface area contributed by atoms with E-state index in [1.165, 1.54) is 0 Å². The van der Waals surface area contributed by atoms with Crippen molar-refractivity contribution >= 4 is 27.5 Å². The van der Waals surface area contributed by atoms with Gasteiger partial charge in [0.1, 0.15) is 0 Å². The van der Waals surface area contributed by atoms with Crippen LogP contribution >= 0.6 is 27.5 Å². The van der Waals surface area contributed by atoms with Gasteiger partial charge in [-0.2, -0.15) is 0 Å². The molecule has 0 aliphatic carbocycles. The summed E-state index contributed by atoms with van der Waals surface area (Å²) in [4.78, 5) is 4.03. The monoisotopic (exact) mass is 315 g/mol. The Labute approximate surface area is 111 Å². The Balaban J connectivity index is 2.10. The molecule has 0 bridgehead atoms. The lowest BCUT2D eigenvalue weighted by Crippen LogP contribution is -2.07. The average molecular weight is 317 g/mol. The van der Waals surface area contributed by atoms with Crippen LogP contribution in [0.15, 0.2) is 29.0 Å². The zero-order chi connectivity index (χ0) is 12.0. The summed E-state index contributed by atoms with van der Waals surface area (Å²) in [7, 11) is 0. The summed E-state index contributed by atoms with van der Waals surface area (Å²) in [5.74, 6) is 0.363. The fourth-order valence-electron chi connectivity index (χ4n) is 2.16. The number of fused-ring (bicyclic) bond motifs is 1. The molecule has 0 N–H and O–H groups in total. The van der Waals surface area contributed by atoms with Crippen molar-refractivity contribution in [1.82, 2.24) is 14.8 Å². The summed E-state index contributed by atoms with van der Waals surface area (Å²) in [5, 5.41) is 4.79. The van der Waals surface area contributed by atoms with Gasteiger partial charge in [0, 0.05) is 11.4 Å². The van der Waals surface area contributed by atoms with Crippen molar-refractivity contribution in [3.63, 3.8) is 0 Å². The second kappa shape index (κ2) is 4.07. The Morgan fingerprint density at radius 1 is 1.41 bits per heavy atom. The standard InChI is InChI=1S/C11H8BrClFN3/c12-11-15-10-8(14)5-9(17(10)16-11)6-3-1-2-4-7(6)13/h1-4,8-9H,5H2. The van der Waals surface area contributed by atoms with Gasteiger partial charge in [0.05, 0.1) is 6.04 Å². The van der Waals surface area contributed by atoms with E-state index in [1.807, 2.05) is 18.2 Å². The first-order valence-electron chi connectivity index (χ1n) is 5.17. The maximum Gasteiger partial charge on any atom is 0.217 e. The highest BCUT2D eigenvalue weighted by Crippen LogP contribution is 2.41. The number of hydrogen-bond donors (Lipinski definition) is 0. The molecular formula is C11H8BrClFN3. The molecule has 6 heteroatoms. The second-order valence-corrected chi connectivity index (χ2v) is 5.04. The van der Waals surface area contributed by atoms with E-state index in [2.05, 4.69) is 26.0 Å². The van der Waals surface area contributed by atoms with Gasteiger partial charge in [-0.3, -0.25) is 0 Å². The quantitative estimate of drug-likeness (QED) is 0.803. The topological polar surface area (TPSA) is 30.7 Å². The van der Waals surface area contributed by atoms with Gasteiger partial charge in [0.15, 0.2) is 12.0 Å². The molecular weight excluding hydrogens is 308 g/mol. The smallest absolute Gasteiger partial charge is 0.217 e. The highest BCUT2D eigenvalue weighted by atomic mass is 79.9. The minimum Gasteiger partial charge on any atom is -0.239 e. The van der Waals surface area contributed by atoms with Crippen LogP contribution in [-0.2, 0) is 0 Å². The van der Waals surface area contributed by atoms with Gasteiger partial charge in [-0.05, 0) is 27.6 Å². The molecule has 2 unspecified atom stereocenters. The van der Waals surface area contributed by atoms with E-state index in [4.69, 9.17) is 11.6 Å². The number of hydrogen-bond acceptors (Lipinski definition) is 2. The highest BCUT2D eigenvalue weighted by molar-refractivity contribution is 9.10. The van der Waals surface area contributed by atoms with Crippen LogP contribution in [0.5, 0.6) is 0 Å². The Kier molecular flexibility index (Phi) is 2.67. The Morgan fingerprint density at radius 3 is 2.94 bits per heavy atom. The summed E-state index contributed by atoms with van der Waals surface area (Å²) < 4.78 is 15.8. The largest absolute Gasteiger partial charge is 0.239 e. The van der Waals surface area contributed by atoms with Gasteiger partial charge < -0.3 is 0 Å². The van der Waals surface area contributed by atoms with Crippen LogP contribution in [0.3, 0.4) is 0 Å². The molecule has 0 spiro atoms. The molecule has 88 valence electrons. The SMILES string of the molecule is FC1CC(c2ccccc2Cl)n2nc(Br)nc21. The number of halogens is 3. The molecule has 3 rings (SSSR count). The van der Waals surface area contributed by atoms with Crippen molar-refractivity contribution in [1.29, 1.82) is 0 Å². The number of alkyl halides is 1. The van der Waals surface area contributed by atoms with Crippen molar-refractivity contribution in [2.24, 2.45) is 0 Å². The molecule has 0 fully saturated rings. The Hall–Kier alpha value is -0.940. The van der Waals surface area contributed by atoms with Crippen molar-refractivity contribution in [3.8, 4) is 0 Å². The molecule has 1 aliphatic heterocycles. The molecule has 0 amide bonds. The fraction of sp³-hybridized carbons (Fsp3) is 0.273. The first-order valence-corrected chi connectivity index (χ1v) is 6.34. The van der Waals surface area contributed by atoms with E-state index < -0.39 is 6.17 Å². The summed E-state index contributed by atoms with van der Waals surface area (Å²) in [6.45, 7) is 0. The zero-order valence-corrected chi connectivity index (χ0v) is 11.0. The fourth-order valence-corrected chi connectivity index (χ4v) is 2.77. The lowest BCUT2D eigenvalue weighted by atomic mass is 10.0. The number of benzene rings is 1. The maximum absolute atomic E-state index is 13.8. The summed E-state index contributed by atoms with van der Waals surface area (Å²) in [6.07, 6.45) is -0.748. The Morgan fingerprint density at radius 2 is 2.18 bits per heavy atom. The van der Waals surface area contributed by atoms with Crippen molar-refractivity contribution in [2.75, 3.05) is 0 Å². The van der Waals surface area contributed by atoms with E-state index >= 15 is 0 Å². The molecule has 2 aromatic rings. The molecule has 0 saturated carbocycles. The summed E-state index contributed by atoms with van der Waals surface area (Å²) in [6, 6.07) is 7.26. The van der Waals surface area contributed by atoms with Gasteiger partial charge in [-0.1, -0.05) is 29.8 Å². The van der Waals surface area contributed by atoms with Crippen LogP contribution in [0.25, 0.3) is 0 Å². The summed E-state index contributed by atoms with van der Waals surface area (Å²) in [5.41, 5.74) is 0.882. The molecule has 2 heterocycles. The normalized spacial score (nSPS) is 22.8. The van der Waals surface area contributed by atoms with Gasteiger partial charge in [-0.15, -0.1) is 5.10 Å². The maximum atomic E-state index is 13.8. The van der Waals surface area contributed by atoms with Gasteiger partial charge in [0.25, 0.3) is 0 Å². The first kappa shape index (κ1) is 11.2. The van der Waals surface area contributed by atoms with Gasteiger partial charge in [0.2, 0.25) is 4.73 Å². The molecule has 1 aromatic carbocycles. The van der Waals surface area contributed by atoms with Crippen molar-refractivity contribution in [3.05, 3.63) is 45.4 Å². The Bertz CT molecular complexity index is 572. The third-order valence-corrected chi connectivity index (χ3v) is 3.58. The molecule has 0 saturated heterocycles. The van der Waals surface area contributed by atoms with Crippen LogP contribution in [0.4, 0.5) is 4.39 Å². The molecule has 3 nitrogen and oxygen atoms in total. The minimum absolute atomic E-state index is 0.174. The van der Waals surface area contributed by atoms with E-state index in [0.29, 0.717) is 22.0 Å². The van der Waals surface area contributed by atoms with Crippen LogP contribution < -0.4 is 0 Å². The van der Waals surface area contributed by atoms with E-state index in [1.54, 1.807) is 10.7 Å². The predicted molar refractivity (Wildman–Crippen MR) is 65.8 cm³/mol. The molecule has 17 heavy (non-hydrogen) atoms. The average Bonchev–Trinajstić information content (AvgIpc) is 2.80. The van der Waals surface area contributed by atoms with Crippen molar-refractivity contribution < 1.29 is 4.39 Å². The van der Waals surface area contributed by atoms with E-state index in [0.717, 1.165) is 5.56 Å². The predicted octanol–water partition coefficient (Wildman–Crippen LogP) is 3.70. The van der Waals surface area contributed by atoms with Gasteiger partial charge in [-0.25, -0.2) is 14.1 Å². The van der Waals surface area contributed by atoms with E-state index in [9.17, 15) is 4.39 Å². The van der Waals surface area contributed by atoms with Crippen LogP contribution in [0, 0.1) is 0 Å². The third kappa shape index (κ3) is 1.77. The highest BCUT2D eigenvalue weighted by Gasteiger charge is 2.35. The third-order valence-electron chi connectivity index (χ3n) is 2.90. The lowest BCUT2D eigenvalue weighted by Gasteiger charge is -2.12. The molecule has 1 aliphatic rings. The first-order chi connectivity index (χ1) is 8.16. The number of rotatable bonds is 1. The van der Waals surface area contributed by atoms with Crippen LogP contribution in [0.2, 0.25) is 5.02 Å². The second-order valence-electron chi connectivity index (χ2n) is 3.92. The molecule has 0 radical (unpaired) electrons. The number of aromatic nitrogens is 3. The van der Waals surface area contributed by atoms with Crippen molar-refractivity contribution in [2.45, 2.75) is 18.6 Å². The summed E-state index contributed by atoms with van der Waals surface area (Å²) >= 11 is 9.29. The van der Waals surface area contributed by atoms with E-state index in [-0.39, 0.29) is 6.04 Å². The van der Waals surface area contributed by atoms with Crippen LogP contribution in [-0.4, -0.2) is 14.8 Å².